The quantitative estimate of drug-likeness (QED) is 0.370. The molecule has 0 radical (unpaired) electrons. The Morgan fingerprint density at radius 3 is 2.85 bits per heavy atom. The molecule has 1 amide bonds. The van der Waals surface area contributed by atoms with E-state index in [0.29, 0.717) is 10.4 Å². The Balaban J connectivity index is 1.99. The molecule has 2 rings (SSSR count). The number of carbonyl (C=O) groups is 1. The molecule has 0 aliphatic rings. The van der Waals surface area contributed by atoms with Crippen molar-refractivity contribution < 1.29 is 9.72 Å². The SMILES string of the molecule is O=C(NN=Cc1ccc([N+](=O)[O-])s1)c1cccc(I)c1. The Labute approximate surface area is 131 Å². The maximum atomic E-state index is 11.8. The number of rotatable bonds is 4. The average molecular weight is 401 g/mol. The second kappa shape index (κ2) is 6.57. The van der Waals surface area contributed by atoms with Gasteiger partial charge < -0.3 is 0 Å². The fraction of sp³-hybridized carbons (Fsp3) is 0. The maximum Gasteiger partial charge on any atom is 0.324 e. The van der Waals surface area contributed by atoms with Crippen molar-refractivity contribution in [3.8, 4) is 0 Å². The molecule has 0 aliphatic carbocycles. The summed E-state index contributed by atoms with van der Waals surface area (Å²) in [4.78, 5) is 22.4. The van der Waals surface area contributed by atoms with E-state index < -0.39 is 4.92 Å². The van der Waals surface area contributed by atoms with Gasteiger partial charge >= 0.3 is 5.00 Å². The Bertz CT molecular complexity index is 684. The summed E-state index contributed by atoms with van der Waals surface area (Å²) in [5.41, 5.74) is 2.88. The number of halogens is 1. The first-order chi connectivity index (χ1) is 9.56. The number of carbonyl (C=O) groups excluding carboxylic acids is 1. The van der Waals surface area contributed by atoms with Gasteiger partial charge in [0, 0.05) is 15.2 Å². The fourth-order valence-corrected chi connectivity index (χ4v) is 2.60. The van der Waals surface area contributed by atoms with Gasteiger partial charge in [0.1, 0.15) is 0 Å². The molecule has 0 fully saturated rings. The third-order valence-electron chi connectivity index (χ3n) is 2.24. The van der Waals surface area contributed by atoms with Crippen molar-refractivity contribution in [3.05, 3.63) is 60.5 Å². The minimum atomic E-state index is -0.466. The van der Waals surface area contributed by atoms with Gasteiger partial charge in [0.15, 0.2) is 0 Å². The van der Waals surface area contributed by atoms with Crippen LogP contribution in [0, 0.1) is 13.7 Å². The maximum absolute atomic E-state index is 11.8. The largest absolute Gasteiger partial charge is 0.324 e. The van der Waals surface area contributed by atoms with Gasteiger partial charge in [-0.1, -0.05) is 17.4 Å². The van der Waals surface area contributed by atoms with E-state index in [1.165, 1.54) is 12.3 Å². The van der Waals surface area contributed by atoms with Gasteiger partial charge in [0.2, 0.25) is 0 Å². The normalized spacial score (nSPS) is 10.7. The molecule has 0 saturated heterocycles. The Hall–Kier alpha value is -1.81. The number of hydrazone groups is 1. The third-order valence-corrected chi connectivity index (χ3v) is 3.88. The van der Waals surface area contributed by atoms with Crippen molar-refractivity contribution in [1.82, 2.24) is 5.43 Å². The molecule has 0 bridgehead atoms. The van der Waals surface area contributed by atoms with Crippen LogP contribution in [0.25, 0.3) is 0 Å². The lowest BCUT2D eigenvalue weighted by Crippen LogP contribution is -2.17. The van der Waals surface area contributed by atoms with Crippen molar-refractivity contribution in [1.29, 1.82) is 0 Å². The molecule has 1 heterocycles. The summed E-state index contributed by atoms with van der Waals surface area (Å²) in [5.74, 6) is -0.328. The van der Waals surface area contributed by atoms with Crippen LogP contribution in [0.2, 0.25) is 0 Å². The summed E-state index contributed by atoms with van der Waals surface area (Å²) >= 11 is 3.10. The van der Waals surface area contributed by atoms with E-state index >= 15 is 0 Å². The molecule has 0 spiro atoms. The molecule has 0 atom stereocenters. The lowest BCUT2D eigenvalue weighted by molar-refractivity contribution is -0.380. The number of hydrogen-bond donors (Lipinski definition) is 1. The number of nitrogens with one attached hydrogen (secondary N) is 1. The molecular weight excluding hydrogens is 393 g/mol. The molecule has 102 valence electrons. The molecule has 0 saturated carbocycles. The van der Waals surface area contributed by atoms with E-state index in [2.05, 4.69) is 33.1 Å². The molecule has 1 N–H and O–H groups in total. The standard InChI is InChI=1S/C12H8IN3O3S/c13-9-3-1-2-8(6-9)12(17)15-14-7-10-4-5-11(20-10)16(18)19/h1-7H,(H,15,17). The lowest BCUT2D eigenvalue weighted by atomic mass is 10.2. The highest BCUT2D eigenvalue weighted by atomic mass is 127. The fourth-order valence-electron chi connectivity index (χ4n) is 1.36. The van der Waals surface area contributed by atoms with Gasteiger partial charge in [-0.25, -0.2) is 5.43 Å². The Morgan fingerprint density at radius 2 is 2.20 bits per heavy atom. The first-order valence-corrected chi connectivity index (χ1v) is 7.29. The van der Waals surface area contributed by atoms with Crippen molar-refractivity contribution in [2.75, 3.05) is 0 Å². The summed E-state index contributed by atoms with van der Waals surface area (Å²) in [7, 11) is 0. The number of nitro groups is 1. The summed E-state index contributed by atoms with van der Waals surface area (Å²) in [6.45, 7) is 0. The van der Waals surface area contributed by atoms with E-state index in [1.807, 2.05) is 6.07 Å². The van der Waals surface area contributed by atoms with Crippen LogP contribution in [0.3, 0.4) is 0 Å². The van der Waals surface area contributed by atoms with Crippen molar-refractivity contribution in [3.63, 3.8) is 0 Å². The molecule has 8 heteroatoms. The molecule has 20 heavy (non-hydrogen) atoms. The van der Waals surface area contributed by atoms with Crippen LogP contribution in [0.4, 0.5) is 5.00 Å². The zero-order valence-electron chi connectivity index (χ0n) is 9.95. The number of benzene rings is 1. The van der Waals surface area contributed by atoms with Crippen LogP contribution in [-0.2, 0) is 0 Å². The second-order valence-corrected chi connectivity index (χ2v) is 5.98. The molecule has 6 nitrogen and oxygen atoms in total. The van der Waals surface area contributed by atoms with Gasteiger partial charge in [0.25, 0.3) is 5.91 Å². The van der Waals surface area contributed by atoms with Gasteiger partial charge in [-0.15, -0.1) is 0 Å². The predicted molar refractivity (Wildman–Crippen MR) is 85.2 cm³/mol. The van der Waals surface area contributed by atoms with Gasteiger partial charge in [-0.05, 0) is 46.9 Å². The highest BCUT2D eigenvalue weighted by molar-refractivity contribution is 14.1. The zero-order valence-corrected chi connectivity index (χ0v) is 12.9. The van der Waals surface area contributed by atoms with Crippen LogP contribution in [0.1, 0.15) is 15.2 Å². The van der Waals surface area contributed by atoms with Gasteiger partial charge in [0.05, 0.1) is 16.0 Å². The van der Waals surface area contributed by atoms with Crippen molar-refractivity contribution in [2.24, 2.45) is 5.10 Å². The minimum absolute atomic E-state index is 0.0374. The average Bonchev–Trinajstić information content (AvgIpc) is 2.87. The Kier molecular flexibility index (Phi) is 4.79. The minimum Gasteiger partial charge on any atom is -0.267 e. The number of nitrogens with zero attached hydrogens (tertiary/aromatic N) is 2. The highest BCUT2D eigenvalue weighted by Gasteiger charge is 2.08. The third kappa shape index (κ3) is 3.84. The zero-order chi connectivity index (χ0) is 14.5. The molecular formula is C12H8IN3O3S. The number of hydrogen-bond acceptors (Lipinski definition) is 5. The molecule has 0 unspecified atom stereocenters. The van der Waals surface area contributed by atoms with Gasteiger partial charge in [-0.2, -0.15) is 5.10 Å². The van der Waals surface area contributed by atoms with E-state index in [4.69, 9.17) is 0 Å². The summed E-state index contributed by atoms with van der Waals surface area (Å²) in [6.07, 6.45) is 1.38. The van der Waals surface area contributed by atoms with E-state index in [-0.39, 0.29) is 10.9 Å². The predicted octanol–water partition coefficient (Wildman–Crippen LogP) is 3.02. The number of thiophene rings is 1. The van der Waals surface area contributed by atoms with Crippen LogP contribution in [-0.4, -0.2) is 17.0 Å². The van der Waals surface area contributed by atoms with Crippen LogP contribution in [0.15, 0.2) is 41.5 Å². The smallest absolute Gasteiger partial charge is 0.267 e. The van der Waals surface area contributed by atoms with Gasteiger partial charge in [-0.3, -0.25) is 14.9 Å². The Morgan fingerprint density at radius 1 is 1.40 bits per heavy atom. The van der Waals surface area contributed by atoms with Crippen LogP contribution < -0.4 is 5.43 Å². The summed E-state index contributed by atoms with van der Waals surface area (Å²) in [5, 5.41) is 14.3. The van der Waals surface area contributed by atoms with Crippen molar-refractivity contribution in [2.45, 2.75) is 0 Å². The molecule has 1 aromatic carbocycles. The second-order valence-electron chi connectivity index (χ2n) is 3.64. The molecule has 2 aromatic rings. The van der Waals surface area contributed by atoms with E-state index in [0.717, 1.165) is 14.9 Å². The first kappa shape index (κ1) is 14.6. The van der Waals surface area contributed by atoms with Crippen LogP contribution >= 0.6 is 33.9 Å². The molecule has 0 aliphatic heterocycles. The van der Waals surface area contributed by atoms with E-state index in [1.54, 1.807) is 24.3 Å². The van der Waals surface area contributed by atoms with Crippen LogP contribution in [0.5, 0.6) is 0 Å². The highest BCUT2D eigenvalue weighted by Crippen LogP contribution is 2.22. The topological polar surface area (TPSA) is 84.6 Å². The first-order valence-electron chi connectivity index (χ1n) is 5.39. The number of amides is 1. The monoisotopic (exact) mass is 401 g/mol. The lowest BCUT2D eigenvalue weighted by Gasteiger charge is -1.99. The van der Waals surface area contributed by atoms with Crippen molar-refractivity contribution >= 4 is 51.1 Å². The summed E-state index contributed by atoms with van der Waals surface area (Å²) < 4.78 is 0.952. The molecule has 1 aromatic heterocycles. The summed E-state index contributed by atoms with van der Waals surface area (Å²) in [6, 6.07) is 10.1. The van der Waals surface area contributed by atoms with E-state index in [9.17, 15) is 14.9 Å².